The van der Waals surface area contributed by atoms with Gasteiger partial charge in [-0.1, -0.05) is 18.0 Å². The zero-order valence-electron chi connectivity index (χ0n) is 13.0. The Morgan fingerprint density at radius 2 is 1.90 bits per heavy atom. The van der Waals surface area contributed by atoms with Crippen LogP contribution in [0.4, 0.5) is 11.4 Å². The van der Waals surface area contributed by atoms with E-state index in [0.717, 1.165) is 28.7 Å². The van der Waals surface area contributed by atoms with Crippen molar-refractivity contribution in [1.29, 1.82) is 0 Å². The van der Waals surface area contributed by atoms with E-state index in [9.17, 15) is 0 Å². The third kappa shape index (κ3) is 2.23. The van der Waals surface area contributed by atoms with Gasteiger partial charge in [0, 0.05) is 25.2 Å². The largest absolute Gasteiger partial charge is 0.380 e. The fourth-order valence-electron chi connectivity index (χ4n) is 5.45. The summed E-state index contributed by atoms with van der Waals surface area (Å²) in [6.45, 7) is 0. The Kier molecular flexibility index (Phi) is 3.33. The van der Waals surface area contributed by atoms with Gasteiger partial charge in [-0.15, -0.1) is 0 Å². The third-order valence-corrected chi connectivity index (χ3v) is 6.45. The van der Waals surface area contributed by atoms with Crippen molar-refractivity contribution in [2.75, 3.05) is 24.3 Å². The molecule has 3 aliphatic rings. The second-order valence-electron chi connectivity index (χ2n) is 7.46. The molecule has 0 radical (unpaired) electrons. The molecule has 114 valence electrons. The Bertz CT molecular complexity index is 542. The van der Waals surface area contributed by atoms with Gasteiger partial charge in [-0.05, 0) is 67.6 Å². The summed E-state index contributed by atoms with van der Waals surface area (Å²) in [6.07, 6.45) is 7.27. The van der Waals surface area contributed by atoms with Crippen LogP contribution in [0, 0.1) is 23.7 Å². The number of fused-ring (bicyclic) bond motifs is 5. The zero-order valence-corrected chi connectivity index (χ0v) is 13.7. The molecule has 5 unspecified atom stereocenters. The van der Waals surface area contributed by atoms with Crippen LogP contribution in [0.25, 0.3) is 0 Å². The highest BCUT2D eigenvalue weighted by molar-refractivity contribution is 6.31. The quantitative estimate of drug-likeness (QED) is 0.875. The first-order valence-corrected chi connectivity index (χ1v) is 8.74. The van der Waals surface area contributed by atoms with Crippen LogP contribution < -0.4 is 10.2 Å². The molecule has 2 bridgehead atoms. The molecule has 0 spiro atoms. The van der Waals surface area contributed by atoms with Gasteiger partial charge in [0.05, 0.1) is 11.4 Å². The molecule has 2 nitrogen and oxygen atoms in total. The summed E-state index contributed by atoms with van der Waals surface area (Å²) in [4.78, 5) is 2.17. The highest BCUT2D eigenvalue weighted by Crippen LogP contribution is 2.59. The van der Waals surface area contributed by atoms with E-state index in [0.29, 0.717) is 6.04 Å². The number of anilines is 2. The lowest BCUT2D eigenvalue weighted by atomic mass is 9.79. The lowest BCUT2D eigenvalue weighted by molar-refractivity contribution is 0.243. The highest BCUT2D eigenvalue weighted by Gasteiger charge is 2.53. The lowest BCUT2D eigenvalue weighted by Gasteiger charge is -2.33. The Labute approximate surface area is 132 Å². The Hall–Kier alpha value is -0.890. The minimum Gasteiger partial charge on any atom is -0.380 e. The average Bonchev–Trinajstić information content (AvgIpc) is 3.09. The van der Waals surface area contributed by atoms with Crippen molar-refractivity contribution in [3.05, 3.63) is 23.2 Å². The maximum atomic E-state index is 6.22. The molecular weight excluding hydrogens is 280 g/mol. The van der Waals surface area contributed by atoms with Gasteiger partial charge in [-0.2, -0.15) is 0 Å². The first-order chi connectivity index (χ1) is 10.1. The first-order valence-electron chi connectivity index (χ1n) is 8.37. The second kappa shape index (κ2) is 5.08. The van der Waals surface area contributed by atoms with Crippen molar-refractivity contribution < 1.29 is 0 Å². The average molecular weight is 305 g/mol. The number of benzene rings is 1. The Morgan fingerprint density at radius 1 is 1.10 bits per heavy atom. The van der Waals surface area contributed by atoms with E-state index in [4.69, 9.17) is 11.6 Å². The number of nitrogens with one attached hydrogen (secondary N) is 1. The first kappa shape index (κ1) is 13.8. The number of hydrogen-bond acceptors (Lipinski definition) is 2. The Balaban J connectivity index is 1.56. The van der Waals surface area contributed by atoms with Gasteiger partial charge in [-0.25, -0.2) is 0 Å². The van der Waals surface area contributed by atoms with Crippen LogP contribution in [-0.4, -0.2) is 20.1 Å². The van der Waals surface area contributed by atoms with Crippen LogP contribution in [-0.2, 0) is 0 Å². The van der Waals surface area contributed by atoms with Crippen LogP contribution in [0.5, 0.6) is 0 Å². The van der Waals surface area contributed by atoms with Crippen molar-refractivity contribution in [1.82, 2.24) is 0 Å². The van der Waals surface area contributed by atoms with Gasteiger partial charge >= 0.3 is 0 Å². The summed E-state index contributed by atoms with van der Waals surface area (Å²) in [7, 11) is 4.20. The topological polar surface area (TPSA) is 15.3 Å². The standard InChI is InChI=1S/C18H25ClN2/c1-21(2)18-7-6-12(19)10-17(18)20-16-9-11-8-15(16)14-5-3-4-13(11)14/h6-7,10-11,13-16,20H,3-5,8-9H2,1-2H3. The number of hydrogen-bond donors (Lipinski definition) is 1. The van der Waals surface area contributed by atoms with E-state index in [2.05, 4.69) is 36.4 Å². The van der Waals surface area contributed by atoms with Crippen LogP contribution in [0.15, 0.2) is 18.2 Å². The fourth-order valence-corrected chi connectivity index (χ4v) is 5.62. The predicted molar refractivity (Wildman–Crippen MR) is 90.2 cm³/mol. The van der Waals surface area contributed by atoms with Crippen molar-refractivity contribution >= 4 is 23.0 Å². The lowest BCUT2D eigenvalue weighted by Crippen LogP contribution is -2.34. The molecule has 4 rings (SSSR count). The van der Waals surface area contributed by atoms with Crippen molar-refractivity contribution in [2.24, 2.45) is 23.7 Å². The number of rotatable bonds is 3. The number of nitrogens with zero attached hydrogens (tertiary/aromatic N) is 1. The van der Waals surface area contributed by atoms with Crippen molar-refractivity contribution in [3.8, 4) is 0 Å². The molecule has 3 saturated carbocycles. The van der Waals surface area contributed by atoms with E-state index in [1.165, 1.54) is 43.5 Å². The molecule has 0 amide bonds. The molecule has 0 aliphatic heterocycles. The van der Waals surface area contributed by atoms with Gasteiger partial charge in [0.2, 0.25) is 0 Å². The minimum atomic E-state index is 0.659. The minimum absolute atomic E-state index is 0.659. The summed E-state index contributed by atoms with van der Waals surface area (Å²) < 4.78 is 0. The molecule has 3 fully saturated rings. The fraction of sp³-hybridized carbons (Fsp3) is 0.667. The van der Waals surface area contributed by atoms with E-state index < -0.39 is 0 Å². The summed E-state index contributed by atoms with van der Waals surface area (Å²) in [5.41, 5.74) is 2.45. The molecule has 0 aromatic heterocycles. The van der Waals surface area contributed by atoms with Crippen molar-refractivity contribution in [3.63, 3.8) is 0 Å². The van der Waals surface area contributed by atoms with Gasteiger partial charge in [0.25, 0.3) is 0 Å². The summed E-state index contributed by atoms with van der Waals surface area (Å²) in [5, 5.41) is 4.67. The summed E-state index contributed by atoms with van der Waals surface area (Å²) in [6, 6.07) is 6.85. The molecule has 1 N–H and O–H groups in total. The molecule has 5 atom stereocenters. The molecule has 0 saturated heterocycles. The Morgan fingerprint density at radius 3 is 2.71 bits per heavy atom. The molecular formula is C18H25ClN2. The van der Waals surface area contributed by atoms with Gasteiger partial charge in [0.1, 0.15) is 0 Å². The summed E-state index contributed by atoms with van der Waals surface area (Å²) >= 11 is 6.22. The third-order valence-electron chi connectivity index (χ3n) is 6.21. The van der Waals surface area contributed by atoms with Crippen LogP contribution >= 0.6 is 11.6 Å². The van der Waals surface area contributed by atoms with E-state index in [1.807, 2.05) is 6.07 Å². The van der Waals surface area contributed by atoms with Gasteiger partial charge in [-0.3, -0.25) is 0 Å². The SMILES string of the molecule is CN(C)c1ccc(Cl)cc1NC1CC2CC1C1CCCC21. The van der Waals surface area contributed by atoms with Crippen molar-refractivity contribution in [2.45, 2.75) is 38.1 Å². The van der Waals surface area contributed by atoms with E-state index in [-0.39, 0.29) is 0 Å². The van der Waals surface area contributed by atoms with Crippen LogP contribution in [0.1, 0.15) is 32.1 Å². The number of halogens is 1. The predicted octanol–water partition coefficient (Wildman–Crippen LogP) is 4.64. The highest BCUT2D eigenvalue weighted by atomic mass is 35.5. The van der Waals surface area contributed by atoms with Crippen LogP contribution in [0.3, 0.4) is 0 Å². The summed E-state index contributed by atoms with van der Waals surface area (Å²) in [5.74, 6) is 3.95. The maximum absolute atomic E-state index is 6.22. The second-order valence-corrected chi connectivity index (χ2v) is 7.90. The molecule has 3 heteroatoms. The van der Waals surface area contributed by atoms with E-state index >= 15 is 0 Å². The smallest absolute Gasteiger partial charge is 0.0597 e. The monoisotopic (exact) mass is 304 g/mol. The molecule has 3 aliphatic carbocycles. The molecule has 1 aromatic rings. The van der Waals surface area contributed by atoms with Crippen LogP contribution in [0.2, 0.25) is 5.02 Å². The molecule has 0 heterocycles. The van der Waals surface area contributed by atoms with Gasteiger partial charge < -0.3 is 10.2 Å². The normalized spacial score (nSPS) is 36.8. The van der Waals surface area contributed by atoms with Gasteiger partial charge in [0.15, 0.2) is 0 Å². The van der Waals surface area contributed by atoms with E-state index in [1.54, 1.807) is 0 Å². The molecule has 1 aromatic carbocycles. The molecule has 21 heavy (non-hydrogen) atoms. The zero-order chi connectivity index (χ0) is 14.6. The maximum Gasteiger partial charge on any atom is 0.0597 e.